The molecule has 7 heteroatoms. The van der Waals surface area contributed by atoms with E-state index < -0.39 is 15.0 Å². The molecule has 0 spiro atoms. The van der Waals surface area contributed by atoms with Gasteiger partial charge in [0.15, 0.2) is 5.75 Å². The minimum absolute atomic E-state index is 0.00178. The lowest BCUT2D eigenvalue weighted by molar-refractivity contribution is 0.462. The molecule has 0 saturated carbocycles. The van der Waals surface area contributed by atoms with E-state index in [9.17, 15) is 13.0 Å². The highest BCUT2D eigenvalue weighted by molar-refractivity contribution is 7.86. The number of rotatable bonds is 6. The molecule has 0 bridgehead atoms. The molecule has 0 aromatic heterocycles. The molecule has 0 fully saturated rings. The van der Waals surface area contributed by atoms with Gasteiger partial charge < -0.3 is 16.2 Å². The first-order valence-corrected chi connectivity index (χ1v) is 13.1. The number of anilines is 2. The quantitative estimate of drug-likeness (QED) is 0.241. The summed E-state index contributed by atoms with van der Waals surface area (Å²) in [6.45, 7) is 8.52. The number of ether oxygens (including phenoxy) is 1. The van der Waals surface area contributed by atoms with E-state index in [4.69, 9.17) is 16.2 Å². The molecule has 6 nitrogen and oxygen atoms in total. The molecule has 0 unspecified atom stereocenters. The Kier molecular flexibility index (Phi) is 6.36. The van der Waals surface area contributed by atoms with Crippen LogP contribution in [0.1, 0.15) is 61.1 Å². The second kappa shape index (κ2) is 8.96. The van der Waals surface area contributed by atoms with Crippen LogP contribution < -0.4 is 16.2 Å². The lowest BCUT2D eigenvalue weighted by Gasteiger charge is -2.32. The monoisotopic (exact) mass is 479 g/mol. The molecule has 5 N–H and O–H groups in total. The van der Waals surface area contributed by atoms with Crippen molar-refractivity contribution in [2.45, 2.75) is 58.3 Å². The summed E-state index contributed by atoms with van der Waals surface area (Å²) in [4.78, 5) is -0.395. The van der Waals surface area contributed by atoms with Gasteiger partial charge in [-0.25, -0.2) is 0 Å². The third kappa shape index (κ3) is 3.63. The van der Waals surface area contributed by atoms with Crippen molar-refractivity contribution < 1.29 is 17.7 Å². The van der Waals surface area contributed by atoms with Crippen molar-refractivity contribution in [3.05, 3.63) is 70.1 Å². The number of hydrogen-bond donors (Lipinski definition) is 3. The number of hydrogen-bond acceptors (Lipinski definition) is 5. The minimum Gasteiger partial charge on any atom is -0.454 e. The van der Waals surface area contributed by atoms with Crippen LogP contribution >= 0.6 is 0 Å². The van der Waals surface area contributed by atoms with Crippen molar-refractivity contribution in [1.82, 2.24) is 0 Å². The Balaban J connectivity index is 2.14. The van der Waals surface area contributed by atoms with Crippen molar-refractivity contribution in [3.8, 4) is 22.6 Å². The molecule has 1 heterocycles. The predicted octanol–water partition coefficient (Wildman–Crippen LogP) is 5.72. The maximum Gasteiger partial charge on any atom is 0.297 e. The molecule has 1 aliphatic rings. The third-order valence-corrected chi connectivity index (χ3v) is 7.62. The summed E-state index contributed by atoms with van der Waals surface area (Å²) in [6, 6.07) is 8.99. The predicted molar refractivity (Wildman–Crippen MR) is 137 cm³/mol. The summed E-state index contributed by atoms with van der Waals surface area (Å²) >= 11 is 0. The first-order valence-electron chi connectivity index (χ1n) is 11.7. The Hall–Kier alpha value is -3.03. The van der Waals surface area contributed by atoms with E-state index in [1.54, 1.807) is 24.3 Å². The Bertz CT molecular complexity index is 1380. The summed E-state index contributed by atoms with van der Waals surface area (Å²) in [7, 11) is -4.68. The highest BCUT2D eigenvalue weighted by Gasteiger charge is 2.35. The maximum absolute atomic E-state index is 12.5. The van der Waals surface area contributed by atoms with Crippen molar-refractivity contribution in [1.29, 1.82) is 0 Å². The Morgan fingerprint density at radius 1 is 0.765 bits per heavy atom. The van der Waals surface area contributed by atoms with Gasteiger partial charge in [-0.2, -0.15) is 8.42 Å². The highest BCUT2D eigenvalue weighted by atomic mass is 32.2. The van der Waals surface area contributed by atoms with Gasteiger partial charge in [0, 0.05) is 23.1 Å². The number of nitrogens with two attached hydrogens (primary N) is 2. The average molecular weight is 480 g/mol. The van der Waals surface area contributed by atoms with E-state index in [0.29, 0.717) is 16.9 Å². The molecule has 3 aromatic carbocycles. The molecule has 4 rings (SSSR count). The van der Waals surface area contributed by atoms with Crippen molar-refractivity contribution in [2.75, 3.05) is 11.5 Å². The van der Waals surface area contributed by atoms with Crippen LogP contribution in [0.2, 0.25) is 0 Å². The van der Waals surface area contributed by atoms with E-state index in [1.165, 1.54) is 16.7 Å². The fourth-order valence-electron chi connectivity index (χ4n) is 5.28. The normalized spacial score (nSPS) is 12.7. The largest absolute Gasteiger partial charge is 0.454 e. The summed E-state index contributed by atoms with van der Waals surface area (Å²) in [5, 5.41) is 0. The van der Waals surface area contributed by atoms with Gasteiger partial charge in [0.25, 0.3) is 10.1 Å². The van der Waals surface area contributed by atoms with Gasteiger partial charge in [0.05, 0.1) is 11.4 Å². The molecule has 3 aromatic rings. The smallest absolute Gasteiger partial charge is 0.297 e. The number of nitrogen functional groups attached to an aromatic ring is 2. The molecule has 0 amide bonds. The third-order valence-electron chi connectivity index (χ3n) is 6.68. The lowest BCUT2D eigenvalue weighted by Crippen LogP contribution is -2.17. The second-order valence-corrected chi connectivity index (χ2v) is 9.79. The van der Waals surface area contributed by atoms with Crippen LogP contribution in [-0.4, -0.2) is 13.0 Å². The summed E-state index contributed by atoms with van der Waals surface area (Å²) in [5.74, 6) is 1.07. The van der Waals surface area contributed by atoms with Crippen LogP contribution in [0.3, 0.4) is 0 Å². The summed E-state index contributed by atoms with van der Waals surface area (Å²) < 4.78 is 41.7. The van der Waals surface area contributed by atoms with Crippen LogP contribution in [0.4, 0.5) is 11.4 Å². The van der Waals surface area contributed by atoms with Crippen molar-refractivity contribution in [2.24, 2.45) is 0 Å². The maximum atomic E-state index is 12.5. The van der Waals surface area contributed by atoms with Crippen LogP contribution in [0.15, 0.2) is 35.2 Å². The van der Waals surface area contributed by atoms with Crippen molar-refractivity contribution >= 4 is 21.5 Å². The molecule has 34 heavy (non-hydrogen) atoms. The topological polar surface area (TPSA) is 116 Å². The van der Waals surface area contributed by atoms with Gasteiger partial charge in [0.1, 0.15) is 10.6 Å². The minimum atomic E-state index is -4.68. The first kappa shape index (κ1) is 24.1. The zero-order chi connectivity index (χ0) is 24.8. The first-order chi connectivity index (χ1) is 16.2. The van der Waals surface area contributed by atoms with E-state index in [0.717, 1.165) is 42.6 Å². The second-order valence-electron chi connectivity index (χ2n) is 8.43. The standard InChI is InChI=1S/C27H31N2O4S/c1-5-16-17(6-2)19(8-4)25-20(18(16)7-3)14-21-22(15-12-10-9-11-13-15)27(34(30,31)32)24(29)23(28)26(21)33-25/h9-14H,5-8,28-29H2,1-4H3,(H,30,31,32). The number of fused-ring (bicyclic) bond motifs is 2. The van der Waals surface area contributed by atoms with Crippen LogP contribution in [0, 0.1) is 6.42 Å². The van der Waals surface area contributed by atoms with Crippen LogP contribution in [-0.2, 0) is 35.8 Å². The number of benzene rings is 3. The Morgan fingerprint density at radius 3 is 1.85 bits per heavy atom. The molecular formula is C27H31N2O4S. The van der Waals surface area contributed by atoms with Crippen molar-refractivity contribution in [3.63, 3.8) is 0 Å². The van der Waals surface area contributed by atoms with Gasteiger partial charge in [-0.05, 0) is 53.5 Å². The van der Waals surface area contributed by atoms with E-state index in [2.05, 4.69) is 27.7 Å². The molecule has 0 atom stereocenters. The molecule has 179 valence electrons. The van der Waals surface area contributed by atoms with E-state index >= 15 is 0 Å². The zero-order valence-corrected chi connectivity index (χ0v) is 20.8. The van der Waals surface area contributed by atoms with Crippen LogP contribution in [0.25, 0.3) is 11.1 Å². The zero-order valence-electron chi connectivity index (χ0n) is 20.0. The fourth-order valence-corrected chi connectivity index (χ4v) is 6.15. The molecule has 0 saturated heterocycles. The molecule has 0 aliphatic carbocycles. The molecule has 1 radical (unpaired) electrons. The van der Waals surface area contributed by atoms with Gasteiger partial charge in [-0.3, -0.25) is 4.55 Å². The van der Waals surface area contributed by atoms with E-state index in [1.807, 2.05) is 12.5 Å². The Morgan fingerprint density at radius 2 is 1.32 bits per heavy atom. The van der Waals surface area contributed by atoms with E-state index in [-0.39, 0.29) is 16.9 Å². The lowest BCUT2D eigenvalue weighted by atomic mass is 9.81. The molecular weight excluding hydrogens is 448 g/mol. The highest BCUT2D eigenvalue weighted by Crippen LogP contribution is 2.53. The molecule has 1 aliphatic heterocycles. The average Bonchev–Trinajstić information content (AvgIpc) is 2.83. The SMILES string of the molecule is CCc1c2c(c(CC)c(CC)c1CC)Oc1c(N)c(N)c(S(=O)(=O)O)c(-c3ccccc3)c1[CH]2. The van der Waals surface area contributed by atoms with Gasteiger partial charge in [-0.15, -0.1) is 0 Å². The van der Waals surface area contributed by atoms with Crippen LogP contribution in [0.5, 0.6) is 11.5 Å². The summed E-state index contributed by atoms with van der Waals surface area (Å²) in [5.41, 5.74) is 19.6. The van der Waals surface area contributed by atoms with Gasteiger partial charge >= 0.3 is 0 Å². The Labute approximate surface area is 201 Å². The summed E-state index contributed by atoms with van der Waals surface area (Å²) in [6.07, 6.45) is 5.32. The van der Waals surface area contributed by atoms with Gasteiger partial charge in [0.2, 0.25) is 0 Å². The van der Waals surface area contributed by atoms with Gasteiger partial charge in [-0.1, -0.05) is 58.0 Å². The fraction of sp³-hybridized carbons (Fsp3) is 0.296.